The van der Waals surface area contributed by atoms with Crippen molar-refractivity contribution < 1.29 is 15.0 Å². The molecule has 0 saturated carbocycles. The quantitative estimate of drug-likeness (QED) is 0.498. The molecule has 1 aromatic rings. The molecule has 5 N–H and O–H groups in total. The first-order valence-electron chi connectivity index (χ1n) is 6.76. The average molecular weight is 292 g/mol. The second-order valence-corrected chi connectivity index (χ2v) is 6.38. The van der Waals surface area contributed by atoms with Gasteiger partial charge in [0.2, 0.25) is 0 Å². The Morgan fingerprint density at radius 1 is 1.10 bits per heavy atom. The van der Waals surface area contributed by atoms with E-state index in [-0.39, 0.29) is 11.3 Å². The molecule has 0 heterocycles. The van der Waals surface area contributed by atoms with Crippen LogP contribution in [0.5, 0.6) is 0 Å². The van der Waals surface area contributed by atoms with Crippen molar-refractivity contribution in [1.29, 1.82) is 0 Å². The van der Waals surface area contributed by atoms with Gasteiger partial charge in [0.25, 0.3) is 5.91 Å². The number of aliphatic hydroxyl groups is 2. The summed E-state index contributed by atoms with van der Waals surface area (Å²) in [5.41, 5.74) is 6.70. The Balaban J connectivity index is 3.34. The van der Waals surface area contributed by atoms with E-state index in [1.165, 1.54) is 6.92 Å². The van der Waals surface area contributed by atoms with Gasteiger partial charge in [-0.05, 0) is 40.2 Å². The van der Waals surface area contributed by atoms with E-state index in [9.17, 15) is 15.0 Å². The topological polar surface area (TPSA) is 95.6 Å². The van der Waals surface area contributed by atoms with Gasteiger partial charge in [0.15, 0.2) is 5.79 Å². The smallest absolute Gasteiger partial charge is 0.268 e. The average Bonchev–Trinajstić information content (AvgIpc) is 2.27. The van der Waals surface area contributed by atoms with Crippen LogP contribution in [0.2, 0.25) is 0 Å². The van der Waals surface area contributed by atoms with Gasteiger partial charge < -0.3 is 21.3 Å². The first-order valence-corrected chi connectivity index (χ1v) is 6.76. The normalized spacial score (nSPS) is 13.7. The van der Waals surface area contributed by atoms with Crippen molar-refractivity contribution in [3.63, 3.8) is 0 Å². The minimum atomic E-state index is -2.21. The molecule has 0 fully saturated rings. The van der Waals surface area contributed by atoms with Crippen molar-refractivity contribution >= 4 is 11.5 Å². The van der Waals surface area contributed by atoms with Gasteiger partial charge in [-0.1, -0.05) is 29.8 Å². The monoisotopic (exact) mass is 292 g/mol. The van der Waals surface area contributed by atoms with Gasteiger partial charge in [-0.15, -0.1) is 0 Å². The number of rotatable bonds is 3. The fraction of sp³-hybridized carbons (Fsp3) is 0.438. The molecule has 0 bridgehead atoms. The standard InChI is InChI=1S/C16H24N2O3/c1-10-6-8-11(9-7-10)12(16(5,20)21)13(17)14(19)18-15(2,3)4/h6-9,20-21H,17H2,1-5H3,(H,18,19)/b13-12+. The van der Waals surface area contributed by atoms with Gasteiger partial charge in [0.05, 0.1) is 0 Å². The number of nitrogens with one attached hydrogen (secondary N) is 1. The van der Waals surface area contributed by atoms with Crippen molar-refractivity contribution in [2.24, 2.45) is 5.73 Å². The van der Waals surface area contributed by atoms with Crippen LogP contribution in [-0.4, -0.2) is 27.4 Å². The van der Waals surface area contributed by atoms with Gasteiger partial charge >= 0.3 is 0 Å². The van der Waals surface area contributed by atoms with Gasteiger partial charge in [-0.2, -0.15) is 0 Å². The predicted molar refractivity (Wildman–Crippen MR) is 83.0 cm³/mol. The van der Waals surface area contributed by atoms with E-state index in [1.54, 1.807) is 12.1 Å². The Morgan fingerprint density at radius 3 is 1.95 bits per heavy atom. The summed E-state index contributed by atoms with van der Waals surface area (Å²) >= 11 is 0. The molecular formula is C16H24N2O3. The lowest BCUT2D eigenvalue weighted by atomic mass is 9.95. The molecule has 0 atom stereocenters. The molecule has 0 aromatic heterocycles. The summed E-state index contributed by atoms with van der Waals surface area (Å²) in [7, 11) is 0. The van der Waals surface area contributed by atoms with E-state index in [0.717, 1.165) is 5.56 Å². The van der Waals surface area contributed by atoms with Crippen molar-refractivity contribution in [3.8, 4) is 0 Å². The lowest BCUT2D eigenvalue weighted by Gasteiger charge is -2.25. The van der Waals surface area contributed by atoms with E-state index >= 15 is 0 Å². The third kappa shape index (κ3) is 4.88. The summed E-state index contributed by atoms with van der Waals surface area (Å²) in [4.78, 5) is 12.2. The minimum Gasteiger partial charge on any atom is -0.394 e. The van der Waals surface area contributed by atoms with Gasteiger partial charge in [0.1, 0.15) is 5.70 Å². The van der Waals surface area contributed by atoms with Gasteiger partial charge in [-0.25, -0.2) is 0 Å². The second kappa shape index (κ2) is 5.87. The maximum Gasteiger partial charge on any atom is 0.268 e. The molecule has 1 aromatic carbocycles. The maximum atomic E-state index is 12.2. The molecule has 0 aliphatic carbocycles. The minimum absolute atomic E-state index is 0.00995. The molecule has 0 aliphatic heterocycles. The molecule has 21 heavy (non-hydrogen) atoms. The zero-order valence-electron chi connectivity index (χ0n) is 13.2. The SMILES string of the molecule is Cc1ccc(/C(=C(\N)C(=O)NC(C)(C)C)C(C)(O)O)cc1. The van der Waals surface area contributed by atoms with Crippen LogP contribution in [-0.2, 0) is 4.79 Å². The summed E-state index contributed by atoms with van der Waals surface area (Å²) in [6, 6.07) is 7.03. The van der Waals surface area contributed by atoms with Crippen molar-refractivity contribution in [2.45, 2.75) is 45.9 Å². The van der Waals surface area contributed by atoms with E-state index in [2.05, 4.69) is 5.32 Å². The maximum absolute atomic E-state index is 12.2. The Morgan fingerprint density at radius 2 is 1.57 bits per heavy atom. The lowest BCUT2D eigenvalue weighted by Crippen LogP contribution is -2.44. The van der Waals surface area contributed by atoms with Crippen LogP contribution in [0.15, 0.2) is 30.0 Å². The third-order valence-corrected chi connectivity index (χ3v) is 2.82. The number of hydrogen-bond donors (Lipinski definition) is 4. The summed E-state index contributed by atoms with van der Waals surface area (Å²) in [6.07, 6.45) is 0. The Kier molecular flexibility index (Phi) is 4.81. The largest absolute Gasteiger partial charge is 0.394 e. The van der Waals surface area contributed by atoms with Crippen LogP contribution in [0.25, 0.3) is 5.57 Å². The fourth-order valence-corrected chi connectivity index (χ4v) is 1.93. The predicted octanol–water partition coefficient (Wildman–Crippen LogP) is 1.28. The summed E-state index contributed by atoms with van der Waals surface area (Å²) in [5.74, 6) is -2.75. The van der Waals surface area contributed by atoms with Crippen LogP contribution in [0.1, 0.15) is 38.8 Å². The van der Waals surface area contributed by atoms with E-state index in [0.29, 0.717) is 5.56 Å². The number of aryl methyl sites for hydroxylation is 1. The van der Waals surface area contributed by atoms with Crippen LogP contribution in [0.3, 0.4) is 0 Å². The highest BCUT2D eigenvalue weighted by Crippen LogP contribution is 2.27. The van der Waals surface area contributed by atoms with Gasteiger partial charge in [0, 0.05) is 11.1 Å². The van der Waals surface area contributed by atoms with Crippen LogP contribution in [0, 0.1) is 6.92 Å². The molecule has 1 amide bonds. The van der Waals surface area contributed by atoms with E-state index in [1.807, 2.05) is 39.8 Å². The molecular weight excluding hydrogens is 268 g/mol. The number of carbonyl (C=O) groups is 1. The second-order valence-electron chi connectivity index (χ2n) is 6.38. The van der Waals surface area contributed by atoms with E-state index < -0.39 is 17.2 Å². The zero-order chi connectivity index (χ0) is 16.4. The van der Waals surface area contributed by atoms with Crippen molar-refractivity contribution in [2.75, 3.05) is 0 Å². The van der Waals surface area contributed by atoms with Crippen LogP contribution < -0.4 is 11.1 Å². The molecule has 0 spiro atoms. The summed E-state index contributed by atoms with van der Waals surface area (Å²) < 4.78 is 0. The van der Waals surface area contributed by atoms with E-state index in [4.69, 9.17) is 5.73 Å². The van der Waals surface area contributed by atoms with Crippen molar-refractivity contribution in [3.05, 3.63) is 41.1 Å². The molecule has 0 radical (unpaired) electrons. The first kappa shape index (κ1) is 17.2. The highest BCUT2D eigenvalue weighted by atomic mass is 16.5. The number of hydrogen-bond acceptors (Lipinski definition) is 4. The molecule has 5 heteroatoms. The lowest BCUT2D eigenvalue weighted by molar-refractivity contribution is -0.119. The molecule has 116 valence electrons. The van der Waals surface area contributed by atoms with Crippen molar-refractivity contribution in [1.82, 2.24) is 5.32 Å². The molecule has 1 rings (SSSR count). The summed E-state index contributed by atoms with van der Waals surface area (Å²) in [6.45, 7) is 8.56. The Hall–Kier alpha value is -1.85. The number of benzene rings is 1. The van der Waals surface area contributed by atoms with Crippen LogP contribution >= 0.6 is 0 Å². The van der Waals surface area contributed by atoms with Gasteiger partial charge in [-0.3, -0.25) is 4.79 Å². The molecule has 5 nitrogen and oxygen atoms in total. The Labute approximate surface area is 125 Å². The number of amides is 1. The number of carbonyl (C=O) groups excluding carboxylic acids is 1. The molecule has 0 unspecified atom stereocenters. The fourth-order valence-electron chi connectivity index (χ4n) is 1.93. The third-order valence-electron chi connectivity index (χ3n) is 2.82. The first-order chi connectivity index (χ1) is 9.42. The molecule has 0 saturated heterocycles. The number of nitrogens with two attached hydrogens (primary N) is 1. The highest BCUT2D eigenvalue weighted by molar-refractivity contribution is 6.01. The summed E-state index contributed by atoms with van der Waals surface area (Å²) in [5, 5.41) is 22.6. The highest BCUT2D eigenvalue weighted by Gasteiger charge is 2.30. The Bertz CT molecular complexity index is 546. The molecule has 0 aliphatic rings. The zero-order valence-corrected chi connectivity index (χ0v) is 13.2. The van der Waals surface area contributed by atoms with Crippen LogP contribution in [0.4, 0.5) is 0 Å².